The van der Waals surface area contributed by atoms with E-state index in [0.717, 1.165) is 0 Å². The second-order valence-electron chi connectivity index (χ2n) is 4.80. The molecular weight excluding hydrogens is 311 g/mol. The van der Waals surface area contributed by atoms with Gasteiger partial charge in [-0.05, 0) is 35.9 Å². The maximum atomic E-state index is 12.0. The van der Waals surface area contributed by atoms with Crippen LogP contribution in [0.25, 0.3) is 22.6 Å². The third-order valence-electron chi connectivity index (χ3n) is 3.15. The minimum absolute atomic E-state index is 0.325. The van der Waals surface area contributed by atoms with Gasteiger partial charge in [0.2, 0.25) is 5.89 Å². The van der Waals surface area contributed by atoms with Crippen molar-refractivity contribution in [3.8, 4) is 11.5 Å². The molecule has 0 fully saturated rings. The lowest BCUT2D eigenvalue weighted by Crippen LogP contribution is -2.12. The fourth-order valence-electron chi connectivity index (χ4n) is 2.05. The van der Waals surface area contributed by atoms with Crippen molar-refractivity contribution in [3.63, 3.8) is 0 Å². The van der Waals surface area contributed by atoms with E-state index in [0.29, 0.717) is 40.0 Å². The molecule has 0 spiro atoms. The van der Waals surface area contributed by atoms with E-state index in [2.05, 4.69) is 9.72 Å². The molecule has 0 N–H and O–H groups in total. The van der Waals surface area contributed by atoms with Crippen molar-refractivity contribution >= 4 is 17.4 Å². The topological polar surface area (TPSA) is 52.3 Å². The van der Waals surface area contributed by atoms with Gasteiger partial charge < -0.3 is 4.42 Å². The molecule has 3 aromatic rings. The second kappa shape index (κ2) is 5.85. The van der Waals surface area contributed by atoms with Gasteiger partial charge in [0, 0.05) is 11.1 Å². The molecule has 0 saturated heterocycles. The first-order valence-corrected chi connectivity index (χ1v) is 6.60. The van der Waals surface area contributed by atoms with Crippen LogP contribution in [-0.2, 0) is 11.3 Å². The van der Waals surface area contributed by atoms with Gasteiger partial charge in [-0.15, -0.1) is 13.2 Å². The van der Waals surface area contributed by atoms with Crippen LogP contribution in [0.2, 0.25) is 0 Å². The summed E-state index contributed by atoms with van der Waals surface area (Å²) in [5.74, 6) is 0.325. The lowest BCUT2D eigenvalue weighted by atomic mass is 10.1. The minimum atomic E-state index is -4.66. The van der Waals surface area contributed by atoms with E-state index in [4.69, 9.17) is 4.42 Å². The summed E-state index contributed by atoms with van der Waals surface area (Å²) in [6, 6.07) is 11.1. The van der Waals surface area contributed by atoms with Crippen LogP contribution in [0.15, 0.2) is 46.9 Å². The molecular formula is C16H10F3NO3. The molecule has 2 aromatic carbocycles. The molecule has 0 unspecified atom stereocenters. The van der Waals surface area contributed by atoms with Crippen LogP contribution < -0.4 is 0 Å². The average molecular weight is 321 g/mol. The number of oxazole rings is 1. The first kappa shape index (κ1) is 15.2. The highest BCUT2D eigenvalue weighted by molar-refractivity contribution is 5.84. The largest absolute Gasteiger partial charge is 0.522 e. The summed E-state index contributed by atoms with van der Waals surface area (Å²) >= 11 is 0. The summed E-state index contributed by atoms with van der Waals surface area (Å²) in [6.45, 7) is -0.556. The molecule has 0 aliphatic rings. The van der Waals surface area contributed by atoms with Crippen molar-refractivity contribution in [2.75, 3.05) is 0 Å². The van der Waals surface area contributed by atoms with Crippen molar-refractivity contribution in [1.29, 1.82) is 0 Å². The van der Waals surface area contributed by atoms with Crippen molar-refractivity contribution in [3.05, 3.63) is 53.6 Å². The average Bonchev–Trinajstić information content (AvgIpc) is 2.95. The molecule has 3 rings (SSSR count). The number of nitrogens with zero attached hydrogens (tertiary/aromatic N) is 1. The zero-order chi connectivity index (χ0) is 16.4. The van der Waals surface area contributed by atoms with Crippen LogP contribution in [0, 0.1) is 0 Å². The van der Waals surface area contributed by atoms with Crippen LogP contribution in [0.1, 0.15) is 15.9 Å². The molecule has 0 aliphatic heterocycles. The van der Waals surface area contributed by atoms with E-state index < -0.39 is 13.0 Å². The van der Waals surface area contributed by atoms with Gasteiger partial charge in [-0.3, -0.25) is 9.53 Å². The van der Waals surface area contributed by atoms with Crippen molar-refractivity contribution < 1.29 is 27.1 Å². The summed E-state index contributed by atoms with van der Waals surface area (Å²) in [5.41, 5.74) is 2.54. The molecule has 0 atom stereocenters. The monoisotopic (exact) mass is 321 g/mol. The normalized spacial score (nSPS) is 11.8. The predicted octanol–water partition coefficient (Wildman–Crippen LogP) is 4.34. The molecule has 0 amide bonds. The van der Waals surface area contributed by atoms with E-state index in [-0.39, 0.29) is 0 Å². The lowest BCUT2D eigenvalue weighted by molar-refractivity contribution is -0.330. The van der Waals surface area contributed by atoms with Gasteiger partial charge in [0.15, 0.2) is 5.58 Å². The van der Waals surface area contributed by atoms with E-state index in [9.17, 15) is 18.0 Å². The third kappa shape index (κ3) is 3.57. The fourth-order valence-corrected chi connectivity index (χ4v) is 2.05. The number of hydrogen-bond donors (Lipinski definition) is 0. The molecule has 0 aliphatic carbocycles. The van der Waals surface area contributed by atoms with Crippen LogP contribution >= 0.6 is 0 Å². The summed E-state index contributed by atoms with van der Waals surface area (Å²) in [6.07, 6.45) is -3.95. The van der Waals surface area contributed by atoms with Crippen LogP contribution in [-0.4, -0.2) is 17.6 Å². The summed E-state index contributed by atoms with van der Waals surface area (Å²) in [7, 11) is 0. The van der Waals surface area contributed by atoms with Crippen molar-refractivity contribution in [1.82, 2.24) is 4.98 Å². The van der Waals surface area contributed by atoms with Crippen LogP contribution in [0.3, 0.4) is 0 Å². The Bertz CT molecular complexity index is 838. The first-order valence-electron chi connectivity index (χ1n) is 6.60. The van der Waals surface area contributed by atoms with Gasteiger partial charge in [0.1, 0.15) is 11.8 Å². The molecule has 1 aromatic heterocycles. The second-order valence-corrected chi connectivity index (χ2v) is 4.80. The number of alkyl halides is 3. The van der Waals surface area contributed by atoms with E-state index in [1.807, 2.05) is 0 Å². The van der Waals surface area contributed by atoms with E-state index in [1.165, 1.54) is 12.1 Å². The number of halogens is 3. The zero-order valence-electron chi connectivity index (χ0n) is 11.6. The minimum Gasteiger partial charge on any atom is -0.436 e. The maximum absolute atomic E-state index is 12.0. The van der Waals surface area contributed by atoms with E-state index in [1.54, 1.807) is 30.3 Å². The molecule has 4 nitrogen and oxygen atoms in total. The Hall–Kier alpha value is -2.67. The number of rotatable bonds is 4. The maximum Gasteiger partial charge on any atom is 0.522 e. The SMILES string of the molecule is O=Cc1ccc2oc(-c3ccc(COC(F)(F)F)cc3)nc2c1. The molecule has 7 heteroatoms. The number of aromatic nitrogens is 1. The van der Waals surface area contributed by atoms with Crippen molar-refractivity contribution in [2.24, 2.45) is 0 Å². The first-order chi connectivity index (χ1) is 10.9. The molecule has 0 saturated carbocycles. The summed E-state index contributed by atoms with van der Waals surface area (Å²) < 4.78 is 45.3. The Kier molecular flexibility index (Phi) is 3.87. The highest BCUT2D eigenvalue weighted by Crippen LogP contribution is 2.26. The van der Waals surface area contributed by atoms with Gasteiger partial charge in [-0.25, -0.2) is 4.98 Å². The fraction of sp³-hybridized carbons (Fsp3) is 0.125. The van der Waals surface area contributed by atoms with Gasteiger partial charge >= 0.3 is 6.36 Å². The zero-order valence-corrected chi connectivity index (χ0v) is 11.6. The third-order valence-corrected chi connectivity index (χ3v) is 3.15. The quantitative estimate of drug-likeness (QED) is 0.671. The highest BCUT2D eigenvalue weighted by Gasteiger charge is 2.28. The van der Waals surface area contributed by atoms with Gasteiger partial charge in [0.25, 0.3) is 0 Å². The molecule has 1 heterocycles. The number of hydrogen-bond acceptors (Lipinski definition) is 4. The molecule has 118 valence electrons. The standard InChI is InChI=1S/C16H10F3NO3/c17-16(18,19)22-9-10-1-4-12(5-2-10)15-20-13-7-11(8-21)3-6-14(13)23-15/h1-8H,9H2. The number of ether oxygens (including phenoxy) is 1. The number of fused-ring (bicyclic) bond motifs is 1. The molecule has 0 radical (unpaired) electrons. The number of carbonyl (C=O) groups is 1. The summed E-state index contributed by atoms with van der Waals surface area (Å²) in [4.78, 5) is 15.0. The lowest BCUT2D eigenvalue weighted by Gasteiger charge is -2.07. The van der Waals surface area contributed by atoms with Gasteiger partial charge in [-0.2, -0.15) is 0 Å². The predicted molar refractivity (Wildman–Crippen MR) is 75.7 cm³/mol. The van der Waals surface area contributed by atoms with Crippen LogP contribution in [0.5, 0.6) is 0 Å². The molecule has 23 heavy (non-hydrogen) atoms. The Labute approximate surface area is 128 Å². The van der Waals surface area contributed by atoms with Crippen molar-refractivity contribution in [2.45, 2.75) is 13.0 Å². The Morgan fingerprint density at radius 2 is 1.87 bits per heavy atom. The van der Waals surface area contributed by atoms with Crippen LogP contribution in [0.4, 0.5) is 13.2 Å². The summed E-state index contributed by atoms with van der Waals surface area (Å²) in [5, 5.41) is 0. The van der Waals surface area contributed by atoms with E-state index >= 15 is 0 Å². The molecule has 0 bridgehead atoms. The smallest absolute Gasteiger partial charge is 0.436 e. The number of aldehydes is 1. The number of carbonyl (C=O) groups excluding carboxylic acids is 1. The highest BCUT2D eigenvalue weighted by atomic mass is 19.4. The Balaban J connectivity index is 1.83. The van der Waals surface area contributed by atoms with Gasteiger partial charge in [-0.1, -0.05) is 12.1 Å². The Morgan fingerprint density at radius 1 is 1.13 bits per heavy atom. The Morgan fingerprint density at radius 3 is 2.52 bits per heavy atom. The number of benzene rings is 2. The van der Waals surface area contributed by atoms with Gasteiger partial charge in [0.05, 0.1) is 6.61 Å².